The van der Waals surface area contributed by atoms with Crippen molar-refractivity contribution in [2.75, 3.05) is 18.6 Å². The standard InChI is InChI=1S/C4H9N3O3S/c1-11(10)3-2-5-4(8)6-7-9/h2-3H2,1H3,(H2,5,6,8,9). The van der Waals surface area contributed by atoms with Crippen molar-refractivity contribution in [3.8, 4) is 0 Å². The number of nitrogens with one attached hydrogen (secondary N) is 2. The van der Waals surface area contributed by atoms with Crippen LogP contribution in [0.3, 0.4) is 0 Å². The van der Waals surface area contributed by atoms with Crippen molar-refractivity contribution < 1.29 is 9.00 Å². The zero-order valence-corrected chi connectivity index (χ0v) is 6.81. The smallest absolute Gasteiger partial charge is 0.336 e. The lowest BCUT2D eigenvalue weighted by atomic mass is 10.7. The first-order chi connectivity index (χ1) is 5.16. The maximum absolute atomic E-state index is 10.4. The van der Waals surface area contributed by atoms with Crippen LogP contribution in [-0.2, 0) is 10.8 Å². The van der Waals surface area contributed by atoms with Gasteiger partial charge in [-0.1, -0.05) is 0 Å². The Morgan fingerprint density at radius 3 is 2.73 bits per heavy atom. The molecule has 0 aliphatic rings. The molecule has 1 unspecified atom stereocenters. The molecule has 2 N–H and O–H groups in total. The van der Waals surface area contributed by atoms with Gasteiger partial charge in [-0.15, -0.1) is 4.91 Å². The summed E-state index contributed by atoms with van der Waals surface area (Å²) >= 11 is 0. The highest BCUT2D eigenvalue weighted by Gasteiger charge is 1.97. The molecule has 11 heavy (non-hydrogen) atoms. The van der Waals surface area contributed by atoms with Crippen molar-refractivity contribution in [2.24, 2.45) is 5.29 Å². The molecule has 0 heterocycles. The van der Waals surface area contributed by atoms with Crippen molar-refractivity contribution in [3.63, 3.8) is 0 Å². The Labute approximate surface area is 66.1 Å². The minimum atomic E-state index is -0.937. The van der Waals surface area contributed by atoms with Crippen LogP contribution in [0.15, 0.2) is 5.29 Å². The Balaban J connectivity index is 3.31. The van der Waals surface area contributed by atoms with Gasteiger partial charge in [0.15, 0.2) is 0 Å². The minimum Gasteiger partial charge on any atom is -0.336 e. The van der Waals surface area contributed by atoms with E-state index in [1.54, 1.807) is 5.43 Å². The highest BCUT2D eigenvalue weighted by molar-refractivity contribution is 7.84. The topological polar surface area (TPSA) is 87.6 Å². The molecular formula is C4H9N3O3S. The van der Waals surface area contributed by atoms with Gasteiger partial charge in [0.2, 0.25) is 0 Å². The molecule has 0 spiro atoms. The molecular weight excluding hydrogens is 170 g/mol. The average molecular weight is 179 g/mol. The molecule has 0 radical (unpaired) electrons. The quantitative estimate of drug-likeness (QED) is 0.444. The molecule has 0 aromatic carbocycles. The van der Waals surface area contributed by atoms with Gasteiger partial charge in [-0.2, -0.15) is 5.43 Å². The molecule has 0 bridgehead atoms. The van der Waals surface area contributed by atoms with Crippen LogP contribution in [0.4, 0.5) is 4.79 Å². The van der Waals surface area contributed by atoms with E-state index in [0.29, 0.717) is 5.75 Å². The van der Waals surface area contributed by atoms with Crippen LogP contribution in [0.25, 0.3) is 0 Å². The average Bonchev–Trinajstić information content (AvgIpc) is 1.87. The van der Waals surface area contributed by atoms with Crippen LogP contribution >= 0.6 is 0 Å². The highest BCUT2D eigenvalue weighted by atomic mass is 32.2. The number of carbonyl (C=O) groups is 1. The van der Waals surface area contributed by atoms with Crippen LogP contribution in [0.2, 0.25) is 0 Å². The molecule has 7 heteroatoms. The maximum Gasteiger partial charge on any atom is 0.337 e. The van der Waals surface area contributed by atoms with E-state index in [4.69, 9.17) is 0 Å². The number of hydrogen-bond acceptors (Lipinski definition) is 4. The second-order valence-electron chi connectivity index (χ2n) is 1.74. The maximum atomic E-state index is 10.4. The zero-order valence-electron chi connectivity index (χ0n) is 5.99. The molecule has 0 aliphatic heterocycles. The largest absolute Gasteiger partial charge is 0.337 e. The number of hydrogen-bond donors (Lipinski definition) is 2. The predicted molar refractivity (Wildman–Crippen MR) is 41.3 cm³/mol. The van der Waals surface area contributed by atoms with Crippen LogP contribution < -0.4 is 10.7 Å². The zero-order chi connectivity index (χ0) is 8.69. The van der Waals surface area contributed by atoms with E-state index < -0.39 is 16.8 Å². The monoisotopic (exact) mass is 179 g/mol. The van der Waals surface area contributed by atoms with Crippen LogP contribution in [0, 0.1) is 4.91 Å². The van der Waals surface area contributed by atoms with Crippen LogP contribution in [-0.4, -0.2) is 28.8 Å². The third kappa shape index (κ3) is 6.91. The van der Waals surface area contributed by atoms with E-state index in [9.17, 15) is 13.9 Å². The predicted octanol–water partition coefficient (Wildman–Crippen LogP) is -0.655. The van der Waals surface area contributed by atoms with E-state index in [2.05, 4.69) is 10.6 Å². The molecule has 0 fully saturated rings. The Hall–Kier alpha value is -0.980. The number of nitroso groups, excluding NO2 is 1. The summed E-state index contributed by atoms with van der Waals surface area (Å²) in [6.07, 6.45) is 1.53. The second-order valence-corrected chi connectivity index (χ2v) is 3.29. The third-order valence-corrected chi connectivity index (χ3v) is 1.60. The molecule has 64 valence electrons. The fourth-order valence-electron chi connectivity index (χ4n) is 0.389. The Morgan fingerprint density at radius 2 is 2.27 bits per heavy atom. The fraction of sp³-hybridized carbons (Fsp3) is 0.750. The summed E-state index contributed by atoms with van der Waals surface area (Å²) in [4.78, 5) is 19.8. The molecule has 6 nitrogen and oxygen atoms in total. The summed E-state index contributed by atoms with van der Waals surface area (Å²) in [6.45, 7) is 0.268. The Morgan fingerprint density at radius 1 is 1.64 bits per heavy atom. The summed E-state index contributed by atoms with van der Waals surface area (Å²) in [7, 11) is -0.937. The van der Waals surface area contributed by atoms with Gasteiger partial charge in [0, 0.05) is 29.4 Å². The van der Waals surface area contributed by atoms with Crippen molar-refractivity contribution in [1.82, 2.24) is 10.7 Å². The van der Waals surface area contributed by atoms with Gasteiger partial charge in [-0.05, 0) is 0 Å². The summed E-state index contributed by atoms with van der Waals surface area (Å²) in [6, 6.07) is -0.676. The third-order valence-electron chi connectivity index (χ3n) is 0.822. The van der Waals surface area contributed by atoms with Gasteiger partial charge in [0.1, 0.15) is 0 Å². The lowest BCUT2D eigenvalue weighted by molar-refractivity contribution is 0.242. The molecule has 0 aromatic heterocycles. The number of amides is 2. The van der Waals surface area contributed by atoms with Crippen molar-refractivity contribution in [2.45, 2.75) is 0 Å². The highest BCUT2D eigenvalue weighted by Crippen LogP contribution is 1.71. The lowest BCUT2D eigenvalue weighted by Gasteiger charge is -1.99. The van der Waals surface area contributed by atoms with Gasteiger partial charge in [0.05, 0.1) is 5.29 Å². The van der Waals surface area contributed by atoms with E-state index in [1.165, 1.54) is 6.26 Å². The summed E-state index contributed by atoms with van der Waals surface area (Å²) in [5.41, 5.74) is 1.64. The van der Waals surface area contributed by atoms with Gasteiger partial charge in [-0.3, -0.25) is 4.21 Å². The van der Waals surface area contributed by atoms with Crippen LogP contribution in [0.1, 0.15) is 0 Å². The van der Waals surface area contributed by atoms with Gasteiger partial charge in [-0.25, -0.2) is 4.79 Å². The fourth-order valence-corrected chi connectivity index (χ4v) is 0.779. The van der Waals surface area contributed by atoms with Gasteiger partial charge >= 0.3 is 6.03 Å². The normalized spacial score (nSPS) is 11.7. The first-order valence-electron chi connectivity index (χ1n) is 2.83. The molecule has 0 saturated heterocycles. The summed E-state index contributed by atoms with van der Waals surface area (Å²) < 4.78 is 10.4. The molecule has 1 atom stereocenters. The summed E-state index contributed by atoms with van der Waals surface area (Å²) in [5.74, 6) is 0.367. The minimum absolute atomic E-state index is 0.268. The second kappa shape index (κ2) is 5.78. The van der Waals surface area contributed by atoms with Crippen LogP contribution in [0.5, 0.6) is 0 Å². The number of nitrogens with zero attached hydrogens (tertiary/aromatic N) is 1. The van der Waals surface area contributed by atoms with E-state index in [-0.39, 0.29) is 6.54 Å². The van der Waals surface area contributed by atoms with Crippen molar-refractivity contribution >= 4 is 16.8 Å². The number of urea groups is 1. The molecule has 0 aromatic rings. The van der Waals surface area contributed by atoms with Crippen molar-refractivity contribution in [1.29, 1.82) is 0 Å². The van der Waals surface area contributed by atoms with E-state index in [1.807, 2.05) is 0 Å². The molecule has 0 saturated carbocycles. The number of carbonyl (C=O) groups excluding carboxylic acids is 1. The summed E-state index contributed by atoms with van der Waals surface area (Å²) in [5, 5.41) is 4.42. The molecule has 0 rings (SSSR count). The SMILES string of the molecule is CS(=O)CCNC(=O)NN=O. The lowest BCUT2D eigenvalue weighted by Crippen LogP contribution is -2.34. The van der Waals surface area contributed by atoms with E-state index in [0.717, 1.165) is 0 Å². The van der Waals surface area contributed by atoms with Gasteiger partial charge in [0.25, 0.3) is 0 Å². The first-order valence-corrected chi connectivity index (χ1v) is 4.55. The first kappa shape index (κ1) is 10.0. The van der Waals surface area contributed by atoms with Crippen molar-refractivity contribution in [3.05, 3.63) is 4.91 Å². The molecule has 2 amide bonds. The number of rotatable bonds is 4. The molecule has 0 aliphatic carbocycles. The van der Waals surface area contributed by atoms with E-state index >= 15 is 0 Å². The Bertz CT molecular complexity index is 172. The Kier molecular flexibility index (Phi) is 5.26. The van der Waals surface area contributed by atoms with Gasteiger partial charge < -0.3 is 5.32 Å².